The Morgan fingerprint density at radius 1 is 0.930 bits per heavy atom. The second-order valence-electron chi connectivity index (χ2n) is 11.5. The quantitative estimate of drug-likeness (QED) is 0.286. The number of carbonyl (C=O) groups excluding carboxylic acids is 3. The van der Waals surface area contributed by atoms with Crippen molar-refractivity contribution in [2.75, 3.05) is 19.7 Å². The lowest BCUT2D eigenvalue weighted by Gasteiger charge is -2.32. The van der Waals surface area contributed by atoms with Gasteiger partial charge in [-0.25, -0.2) is 0 Å². The second-order valence-corrected chi connectivity index (χ2v) is 11.5. The summed E-state index contributed by atoms with van der Waals surface area (Å²) in [5, 5.41) is 12.3. The normalized spacial score (nSPS) is 19.6. The number of unbranched alkanes of at least 4 members (excludes halogenated alkanes) is 1. The number of nitrogens with two attached hydrogens (primary N) is 1. The molecule has 2 heterocycles. The van der Waals surface area contributed by atoms with Crippen molar-refractivity contribution >= 4 is 23.7 Å². The summed E-state index contributed by atoms with van der Waals surface area (Å²) in [5.74, 6) is -1.11. The van der Waals surface area contributed by atoms with E-state index in [0.29, 0.717) is 58.2 Å². The Bertz CT molecular complexity index is 1240. The van der Waals surface area contributed by atoms with E-state index in [-0.39, 0.29) is 24.1 Å². The van der Waals surface area contributed by atoms with Crippen molar-refractivity contribution < 1.29 is 29.0 Å². The largest absolute Gasteiger partial charge is 0.494 e. The zero-order chi connectivity index (χ0) is 30.8. The lowest BCUT2D eigenvalue weighted by molar-refractivity contribution is -0.147. The number of aliphatic carboxylic acids is 1. The number of rotatable bonds is 14. The number of ether oxygens (including phenoxy) is 1. The summed E-state index contributed by atoms with van der Waals surface area (Å²) in [5.41, 5.74) is 8.18. The number of carbonyl (C=O) groups is 4. The van der Waals surface area contributed by atoms with Gasteiger partial charge in [0.2, 0.25) is 17.7 Å². The first-order valence-corrected chi connectivity index (χ1v) is 15.4. The Hall–Kier alpha value is -3.92. The number of carboxylic acids is 1. The molecule has 2 saturated heterocycles. The SMILES string of the molecule is CCCCOc1ccc(CC(N)C(=O)N2CCCC2C(=O)N2CCCC2C(=O)NC(CC(=O)O)Cc2ccccc2)cc1. The molecular formula is C33H44N4O6. The van der Waals surface area contributed by atoms with Crippen LogP contribution in [-0.2, 0) is 32.0 Å². The molecule has 2 aromatic rings. The van der Waals surface area contributed by atoms with Gasteiger partial charge in [0.15, 0.2) is 0 Å². The number of benzene rings is 2. The molecule has 10 nitrogen and oxygen atoms in total. The molecule has 2 aromatic carbocycles. The van der Waals surface area contributed by atoms with Gasteiger partial charge in [0, 0.05) is 19.1 Å². The topological polar surface area (TPSA) is 142 Å². The Morgan fingerprint density at radius 2 is 1.58 bits per heavy atom. The molecule has 232 valence electrons. The van der Waals surface area contributed by atoms with Gasteiger partial charge in [0.1, 0.15) is 17.8 Å². The second kappa shape index (κ2) is 15.5. The highest BCUT2D eigenvalue weighted by Crippen LogP contribution is 2.26. The van der Waals surface area contributed by atoms with Gasteiger partial charge in [-0.15, -0.1) is 0 Å². The van der Waals surface area contributed by atoms with E-state index in [1.54, 1.807) is 9.80 Å². The van der Waals surface area contributed by atoms with Crippen LogP contribution in [0.1, 0.15) is 63.0 Å². The van der Waals surface area contributed by atoms with Gasteiger partial charge in [0.25, 0.3) is 0 Å². The van der Waals surface area contributed by atoms with E-state index in [1.807, 2.05) is 54.6 Å². The summed E-state index contributed by atoms with van der Waals surface area (Å²) in [6.45, 7) is 3.62. The third kappa shape index (κ3) is 8.79. The number of nitrogens with one attached hydrogen (secondary N) is 1. The van der Waals surface area contributed by atoms with E-state index in [0.717, 1.165) is 29.7 Å². The maximum Gasteiger partial charge on any atom is 0.305 e. The summed E-state index contributed by atoms with van der Waals surface area (Å²) in [6.07, 6.45) is 4.87. The molecule has 3 amide bonds. The van der Waals surface area contributed by atoms with E-state index in [9.17, 15) is 24.3 Å². The molecule has 43 heavy (non-hydrogen) atoms. The van der Waals surface area contributed by atoms with Crippen LogP contribution in [0.5, 0.6) is 5.75 Å². The van der Waals surface area contributed by atoms with Gasteiger partial charge in [-0.2, -0.15) is 0 Å². The lowest BCUT2D eigenvalue weighted by Crippen LogP contribution is -2.56. The van der Waals surface area contributed by atoms with Crippen molar-refractivity contribution in [3.63, 3.8) is 0 Å². The van der Waals surface area contributed by atoms with Crippen LogP contribution in [0, 0.1) is 0 Å². The van der Waals surface area contributed by atoms with Crippen LogP contribution < -0.4 is 15.8 Å². The first kappa shape index (κ1) is 32.0. The summed E-state index contributed by atoms with van der Waals surface area (Å²) >= 11 is 0. The molecule has 4 rings (SSSR count). The van der Waals surface area contributed by atoms with Gasteiger partial charge < -0.3 is 30.7 Å². The summed E-state index contributed by atoms with van der Waals surface area (Å²) < 4.78 is 5.71. The summed E-state index contributed by atoms with van der Waals surface area (Å²) in [6, 6.07) is 14.2. The number of nitrogens with zero attached hydrogens (tertiary/aromatic N) is 2. The molecule has 10 heteroatoms. The minimum Gasteiger partial charge on any atom is -0.494 e. The average molecular weight is 593 g/mol. The van der Waals surface area contributed by atoms with E-state index >= 15 is 0 Å². The van der Waals surface area contributed by atoms with E-state index < -0.39 is 30.1 Å². The molecule has 0 aliphatic carbocycles. The average Bonchev–Trinajstić information content (AvgIpc) is 3.68. The van der Waals surface area contributed by atoms with E-state index in [4.69, 9.17) is 10.5 Å². The van der Waals surface area contributed by atoms with Crippen molar-refractivity contribution in [2.24, 2.45) is 5.73 Å². The van der Waals surface area contributed by atoms with Crippen molar-refractivity contribution in [1.82, 2.24) is 15.1 Å². The number of hydrogen-bond acceptors (Lipinski definition) is 6. The van der Waals surface area contributed by atoms with Crippen molar-refractivity contribution in [2.45, 2.75) is 88.9 Å². The van der Waals surface area contributed by atoms with Gasteiger partial charge >= 0.3 is 5.97 Å². The molecule has 4 N–H and O–H groups in total. The summed E-state index contributed by atoms with van der Waals surface area (Å²) in [7, 11) is 0. The predicted octanol–water partition coefficient (Wildman–Crippen LogP) is 2.92. The van der Waals surface area contributed by atoms with Crippen LogP contribution in [-0.4, -0.2) is 82.5 Å². The molecule has 4 unspecified atom stereocenters. The molecule has 2 aliphatic rings. The third-order valence-electron chi connectivity index (χ3n) is 8.21. The fourth-order valence-electron chi connectivity index (χ4n) is 5.97. The van der Waals surface area contributed by atoms with Crippen LogP contribution in [0.15, 0.2) is 54.6 Å². The molecule has 0 saturated carbocycles. The van der Waals surface area contributed by atoms with Gasteiger partial charge in [0.05, 0.1) is 19.1 Å². The Labute approximate surface area is 253 Å². The number of hydrogen-bond donors (Lipinski definition) is 3. The molecule has 0 radical (unpaired) electrons. The minimum atomic E-state index is -1.01. The molecule has 2 fully saturated rings. The maximum atomic E-state index is 13.8. The monoisotopic (exact) mass is 592 g/mol. The van der Waals surface area contributed by atoms with Crippen LogP contribution >= 0.6 is 0 Å². The van der Waals surface area contributed by atoms with Crippen LogP contribution in [0.2, 0.25) is 0 Å². The number of carboxylic acid groups (broad SMARTS) is 1. The van der Waals surface area contributed by atoms with E-state index in [1.165, 1.54) is 0 Å². The summed E-state index contributed by atoms with van der Waals surface area (Å²) in [4.78, 5) is 55.2. The Balaban J connectivity index is 1.36. The van der Waals surface area contributed by atoms with Crippen LogP contribution in [0.4, 0.5) is 0 Å². The Kier molecular flexibility index (Phi) is 11.6. The minimum absolute atomic E-state index is 0.224. The first-order chi connectivity index (χ1) is 20.8. The Morgan fingerprint density at radius 3 is 2.26 bits per heavy atom. The molecule has 4 atom stereocenters. The van der Waals surface area contributed by atoms with Crippen molar-refractivity contribution in [1.29, 1.82) is 0 Å². The zero-order valence-corrected chi connectivity index (χ0v) is 25.0. The first-order valence-electron chi connectivity index (χ1n) is 15.4. The third-order valence-corrected chi connectivity index (χ3v) is 8.21. The predicted molar refractivity (Wildman–Crippen MR) is 162 cm³/mol. The number of likely N-dealkylation sites (tertiary alicyclic amines) is 2. The highest BCUT2D eigenvalue weighted by molar-refractivity contribution is 5.94. The van der Waals surface area contributed by atoms with Crippen molar-refractivity contribution in [3.8, 4) is 5.75 Å². The molecule has 0 spiro atoms. The molecule has 0 bridgehead atoms. The highest BCUT2D eigenvalue weighted by Gasteiger charge is 2.43. The van der Waals surface area contributed by atoms with Crippen LogP contribution in [0.3, 0.4) is 0 Å². The van der Waals surface area contributed by atoms with E-state index in [2.05, 4.69) is 12.2 Å². The standard InChI is InChI=1S/C33H44N4O6/c1-2-3-19-43-26-15-13-24(14-16-26)21-27(34)32(41)37-18-8-12-29(37)33(42)36-17-7-11-28(36)31(40)35-25(22-30(38)39)20-23-9-5-4-6-10-23/h4-6,9-10,13-16,25,27-29H,2-3,7-8,11-12,17-22,34H2,1H3,(H,35,40)(H,38,39). The van der Waals surface area contributed by atoms with Gasteiger partial charge in [-0.05, 0) is 68.2 Å². The van der Waals surface area contributed by atoms with Crippen molar-refractivity contribution in [3.05, 3.63) is 65.7 Å². The molecule has 0 aromatic heterocycles. The lowest BCUT2D eigenvalue weighted by atomic mass is 10.0. The fraction of sp³-hybridized carbons (Fsp3) is 0.515. The zero-order valence-electron chi connectivity index (χ0n) is 25.0. The highest BCUT2D eigenvalue weighted by atomic mass is 16.5. The van der Waals surface area contributed by atoms with Crippen LogP contribution in [0.25, 0.3) is 0 Å². The molecule has 2 aliphatic heterocycles. The fourth-order valence-corrected chi connectivity index (χ4v) is 5.97. The number of amides is 3. The smallest absolute Gasteiger partial charge is 0.305 e. The maximum absolute atomic E-state index is 13.8. The molecular weight excluding hydrogens is 548 g/mol. The van der Waals surface area contributed by atoms with Gasteiger partial charge in [-0.1, -0.05) is 55.8 Å². The van der Waals surface area contributed by atoms with Gasteiger partial charge in [-0.3, -0.25) is 19.2 Å².